The number of nitrogens with zero attached hydrogens (tertiary/aromatic N) is 2. The Morgan fingerprint density at radius 3 is 2.92 bits per heavy atom. The van der Waals surface area contributed by atoms with E-state index in [1.807, 2.05) is 6.92 Å². The van der Waals surface area contributed by atoms with Gasteiger partial charge in [-0.3, -0.25) is 9.78 Å². The van der Waals surface area contributed by atoms with Crippen LogP contribution in [0.25, 0.3) is 11.1 Å². The summed E-state index contributed by atoms with van der Waals surface area (Å²) in [7, 11) is 0. The van der Waals surface area contributed by atoms with Crippen LogP contribution in [0.2, 0.25) is 0 Å². The van der Waals surface area contributed by atoms with Crippen molar-refractivity contribution in [2.45, 2.75) is 39.3 Å². The summed E-state index contributed by atoms with van der Waals surface area (Å²) in [5.41, 5.74) is 1.77. The Hall–Kier alpha value is -3.03. The Balaban J connectivity index is 1.69. The van der Waals surface area contributed by atoms with Gasteiger partial charge in [-0.25, -0.2) is 9.48 Å². The van der Waals surface area contributed by atoms with Crippen LogP contribution in [0.3, 0.4) is 0 Å². The number of hydrogen-bond donors (Lipinski definition) is 3. The largest absolute Gasteiger partial charge is 0.417 e. The van der Waals surface area contributed by atoms with Gasteiger partial charge in [0.15, 0.2) is 5.58 Å². The molecule has 0 saturated carbocycles. The number of rotatable bonds is 6. The lowest BCUT2D eigenvalue weighted by Gasteiger charge is -2.18. The van der Waals surface area contributed by atoms with E-state index >= 15 is 0 Å². The molecule has 25 heavy (non-hydrogen) atoms. The average Bonchev–Trinajstić information content (AvgIpc) is 3.19. The summed E-state index contributed by atoms with van der Waals surface area (Å²) in [6.45, 7) is 5.88. The zero-order valence-electron chi connectivity index (χ0n) is 14.4. The molecule has 1 amide bonds. The Bertz CT molecular complexity index is 939. The molecule has 0 aliphatic carbocycles. The number of anilines is 2. The molecule has 0 fully saturated rings. The number of nitrogens with one attached hydrogen (secondary N) is 3. The summed E-state index contributed by atoms with van der Waals surface area (Å²) in [6, 6.07) is 6.67. The number of aromatic amines is 1. The zero-order chi connectivity index (χ0) is 18.0. The van der Waals surface area contributed by atoms with Gasteiger partial charge in [-0.1, -0.05) is 6.92 Å². The number of H-pyrrole nitrogens is 1. The molecule has 0 bridgehead atoms. The highest BCUT2D eigenvalue weighted by Gasteiger charge is 2.16. The highest BCUT2D eigenvalue weighted by molar-refractivity contribution is 5.95. The second kappa shape index (κ2) is 6.84. The predicted octanol–water partition coefficient (Wildman–Crippen LogP) is 2.73. The predicted molar refractivity (Wildman–Crippen MR) is 95.8 cm³/mol. The minimum absolute atomic E-state index is 0.175. The van der Waals surface area contributed by atoms with Crippen LogP contribution < -0.4 is 16.4 Å². The topological polar surface area (TPSA) is 105 Å². The SMILES string of the molecule is CC[C@H](C)n1nccc1NC(=O)[C@@H](C)Nc1ccc2oc(=O)[nH]c2c1. The molecule has 0 aliphatic heterocycles. The molecule has 8 nitrogen and oxygen atoms in total. The lowest BCUT2D eigenvalue weighted by molar-refractivity contribution is -0.116. The van der Waals surface area contributed by atoms with E-state index in [9.17, 15) is 9.59 Å². The number of carbonyl (C=O) groups excluding carboxylic acids is 1. The first-order chi connectivity index (χ1) is 12.0. The minimum Gasteiger partial charge on any atom is -0.408 e. The zero-order valence-corrected chi connectivity index (χ0v) is 14.4. The summed E-state index contributed by atoms with van der Waals surface area (Å²) in [5.74, 6) is -0.00954. The van der Waals surface area contributed by atoms with Crippen LogP contribution in [0.4, 0.5) is 11.5 Å². The molecule has 2 aromatic heterocycles. The van der Waals surface area contributed by atoms with Crippen molar-refractivity contribution in [2.75, 3.05) is 10.6 Å². The van der Waals surface area contributed by atoms with Gasteiger partial charge in [0.1, 0.15) is 11.9 Å². The standard InChI is InChI=1S/C17H21N5O3/c1-4-10(2)22-15(7-8-18-22)21-16(23)11(3)19-12-5-6-14-13(9-12)20-17(24)25-14/h5-11,19H,4H2,1-3H3,(H,20,24)(H,21,23)/t10-,11+/m0/s1. The van der Waals surface area contributed by atoms with Crippen LogP contribution in [0, 0.1) is 0 Å². The summed E-state index contributed by atoms with van der Waals surface area (Å²) >= 11 is 0. The number of oxazole rings is 1. The van der Waals surface area contributed by atoms with Gasteiger partial charge in [0.05, 0.1) is 17.8 Å². The summed E-state index contributed by atoms with van der Waals surface area (Å²) in [5, 5.41) is 10.3. The first kappa shape index (κ1) is 16.8. The van der Waals surface area contributed by atoms with Crippen molar-refractivity contribution in [3.8, 4) is 0 Å². The van der Waals surface area contributed by atoms with Gasteiger partial charge in [-0.05, 0) is 38.5 Å². The summed E-state index contributed by atoms with van der Waals surface area (Å²) in [6.07, 6.45) is 2.59. The van der Waals surface area contributed by atoms with Gasteiger partial charge in [0.2, 0.25) is 5.91 Å². The summed E-state index contributed by atoms with van der Waals surface area (Å²) < 4.78 is 6.76. The normalized spacial score (nSPS) is 13.6. The average molecular weight is 343 g/mol. The van der Waals surface area contributed by atoms with Crippen LogP contribution in [0.1, 0.15) is 33.2 Å². The van der Waals surface area contributed by atoms with Crippen molar-refractivity contribution in [3.63, 3.8) is 0 Å². The second-order valence-corrected chi connectivity index (χ2v) is 6.00. The van der Waals surface area contributed by atoms with E-state index in [4.69, 9.17) is 4.42 Å². The first-order valence-corrected chi connectivity index (χ1v) is 8.21. The summed E-state index contributed by atoms with van der Waals surface area (Å²) in [4.78, 5) is 26.2. The van der Waals surface area contributed by atoms with Gasteiger partial charge in [-0.2, -0.15) is 5.10 Å². The number of aromatic nitrogens is 3. The molecule has 1 aromatic carbocycles. The number of hydrogen-bond acceptors (Lipinski definition) is 5. The smallest absolute Gasteiger partial charge is 0.408 e. The van der Waals surface area contributed by atoms with Crippen LogP contribution in [-0.4, -0.2) is 26.7 Å². The van der Waals surface area contributed by atoms with Crippen molar-refractivity contribution in [3.05, 3.63) is 41.0 Å². The molecular formula is C17H21N5O3. The van der Waals surface area contributed by atoms with Gasteiger partial charge >= 0.3 is 5.76 Å². The van der Waals surface area contributed by atoms with Gasteiger partial charge < -0.3 is 15.1 Å². The van der Waals surface area contributed by atoms with Crippen molar-refractivity contribution in [2.24, 2.45) is 0 Å². The fourth-order valence-corrected chi connectivity index (χ4v) is 2.53. The molecule has 0 saturated heterocycles. The fraction of sp³-hybridized carbons (Fsp3) is 0.353. The van der Waals surface area contributed by atoms with Crippen molar-refractivity contribution < 1.29 is 9.21 Å². The van der Waals surface area contributed by atoms with Crippen molar-refractivity contribution >= 4 is 28.5 Å². The van der Waals surface area contributed by atoms with E-state index in [0.717, 1.165) is 6.42 Å². The Morgan fingerprint density at radius 1 is 1.36 bits per heavy atom. The van der Waals surface area contributed by atoms with E-state index < -0.39 is 11.8 Å². The van der Waals surface area contributed by atoms with Crippen LogP contribution in [-0.2, 0) is 4.79 Å². The second-order valence-electron chi connectivity index (χ2n) is 6.00. The minimum atomic E-state index is -0.503. The molecule has 0 unspecified atom stereocenters. The lowest BCUT2D eigenvalue weighted by atomic mass is 10.2. The van der Waals surface area contributed by atoms with Crippen LogP contribution >= 0.6 is 0 Å². The first-order valence-electron chi connectivity index (χ1n) is 8.21. The molecule has 2 heterocycles. The lowest BCUT2D eigenvalue weighted by Crippen LogP contribution is -2.32. The Morgan fingerprint density at radius 2 is 2.16 bits per heavy atom. The van der Waals surface area contributed by atoms with Gasteiger partial charge in [0.25, 0.3) is 0 Å². The molecule has 3 N–H and O–H groups in total. The molecule has 2 atom stereocenters. The third-order valence-electron chi connectivity index (χ3n) is 4.13. The highest BCUT2D eigenvalue weighted by atomic mass is 16.4. The molecule has 0 spiro atoms. The Kier molecular flexibility index (Phi) is 4.60. The molecule has 132 valence electrons. The maximum absolute atomic E-state index is 12.5. The number of benzene rings is 1. The van der Waals surface area contributed by atoms with E-state index in [-0.39, 0.29) is 11.9 Å². The monoisotopic (exact) mass is 343 g/mol. The molecule has 3 rings (SSSR count). The molecule has 8 heteroatoms. The van der Waals surface area contributed by atoms with Crippen LogP contribution in [0.15, 0.2) is 39.7 Å². The Labute approximate surface area is 144 Å². The fourth-order valence-electron chi connectivity index (χ4n) is 2.53. The third-order valence-corrected chi connectivity index (χ3v) is 4.13. The maximum atomic E-state index is 12.5. The van der Waals surface area contributed by atoms with Gasteiger partial charge in [0, 0.05) is 11.8 Å². The van der Waals surface area contributed by atoms with E-state index in [0.29, 0.717) is 22.6 Å². The molecule has 0 aliphatic rings. The number of fused-ring (bicyclic) bond motifs is 1. The highest BCUT2D eigenvalue weighted by Crippen LogP contribution is 2.19. The third kappa shape index (κ3) is 3.57. The number of carbonyl (C=O) groups is 1. The molecular weight excluding hydrogens is 322 g/mol. The quantitative estimate of drug-likeness (QED) is 0.638. The van der Waals surface area contributed by atoms with Crippen molar-refractivity contribution in [1.29, 1.82) is 0 Å². The van der Waals surface area contributed by atoms with Crippen LogP contribution in [0.5, 0.6) is 0 Å². The van der Waals surface area contributed by atoms with E-state index in [1.54, 1.807) is 42.1 Å². The maximum Gasteiger partial charge on any atom is 0.417 e. The number of amides is 1. The molecule has 3 aromatic rings. The van der Waals surface area contributed by atoms with Gasteiger partial charge in [-0.15, -0.1) is 0 Å². The molecule has 0 radical (unpaired) electrons. The van der Waals surface area contributed by atoms with Crippen molar-refractivity contribution in [1.82, 2.24) is 14.8 Å². The van der Waals surface area contributed by atoms with E-state index in [2.05, 4.69) is 27.6 Å². The van der Waals surface area contributed by atoms with E-state index in [1.165, 1.54) is 0 Å².